The Bertz CT molecular complexity index is 6.00. The molecule has 7 N–H and O–H groups in total. The van der Waals surface area contributed by atoms with Crippen molar-refractivity contribution in [2.45, 2.75) is 0 Å². The van der Waals surface area contributed by atoms with Crippen molar-refractivity contribution < 1.29 is 5.11 Å². The van der Waals surface area contributed by atoms with Gasteiger partial charge in [-0.15, -0.1) is 0 Å². The second kappa shape index (κ2) is 707. The van der Waals surface area contributed by atoms with Crippen molar-refractivity contribution in [2.75, 3.05) is 7.11 Å². The monoisotopic (exact) mass is 66.1 g/mol. The van der Waals surface area contributed by atoms with Crippen LogP contribution in [0.1, 0.15) is 0 Å². The molecular formula is CH10N2O. The van der Waals surface area contributed by atoms with Crippen molar-refractivity contribution >= 4 is 0 Å². The van der Waals surface area contributed by atoms with Crippen LogP contribution in [0.3, 0.4) is 0 Å². The molecule has 0 amide bonds. The van der Waals surface area contributed by atoms with Gasteiger partial charge in [0.25, 0.3) is 0 Å². The van der Waals surface area contributed by atoms with Crippen LogP contribution in [0, 0.1) is 0 Å². The highest BCUT2D eigenvalue weighted by Crippen LogP contribution is 0.755. The van der Waals surface area contributed by atoms with Gasteiger partial charge in [0.05, 0.1) is 0 Å². The average molecular weight is 66.1 g/mol. The van der Waals surface area contributed by atoms with Gasteiger partial charge in [-0.2, -0.15) is 0 Å². The van der Waals surface area contributed by atoms with E-state index < -0.39 is 0 Å². The van der Waals surface area contributed by atoms with Crippen molar-refractivity contribution in [1.29, 1.82) is 0 Å². The van der Waals surface area contributed by atoms with E-state index in [0.29, 0.717) is 0 Å². The van der Waals surface area contributed by atoms with Crippen LogP contribution in [0.15, 0.2) is 0 Å². The largest absolute Gasteiger partial charge is 0.400 e. The summed E-state index contributed by atoms with van der Waals surface area (Å²) in [6.07, 6.45) is 0. The first-order valence-electron chi connectivity index (χ1n) is 0.447. The lowest BCUT2D eigenvalue weighted by Crippen LogP contribution is -1.25. The topological polar surface area (TPSA) is 90.2 Å². The van der Waals surface area contributed by atoms with Gasteiger partial charge in [0.2, 0.25) is 0 Å². The molecule has 4 heavy (non-hydrogen) atoms. The molecule has 0 aliphatic rings. The minimum absolute atomic E-state index is 0. The van der Waals surface area contributed by atoms with Gasteiger partial charge in [0, 0.05) is 7.11 Å². The van der Waals surface area contributed by atoms with Crippen LogP contribution in [0.4, 0.5) is 0 Å². The summed E-state index contributed by atoms with van der Waals surface area (Å²) < 4.78 is 0. The van der Waals surface area contributed by atoms with Gasteiger partial charge >= 0.3 is 0 Å². The Balaban J connectivity index is -0.00000000500. The first kappa shape index (κ1) is 41.6. The highest BCUT2D eigenvalue weighted by molar-refractivity contribution is 3.18. The molecule has 3 heteroatoms. The molecule has 0 fully saturated rings. The maximum absolute atomic E-state index is 7.00. The lowest BCUT2D eigenvalue weighted by atomic mass is 11.8. The third-order valence-electron chi connectivity index (χ3n) is 0. The maximum atomic E-state index is 7.00. The molecule has 0 radical (unpaired) electrons. The third kappa shape index (κ3) is 101. The fourth-order valence-electron chi connectivity index (χ4n) is 0. The molecule has 0 rings (SSSR count). The second-order valence-corrected chi connectivity index (χ2v) is 0. The van der Waals surface area contributed by atoms with Gasteiger partial charge in [-0.05, 0) is 0 Å². The minimum atomic E-state index is 0. The summed E-state index contributed by atoms with van der Waals surface area (Å²) in [6, 6.07) is 0. The SMILES string of the molecule is CO.N.N. The van der Waals surface area contributed by atoms with Crippen LogP contribution in [0.2, 0.25) is 0 Å². The molecule has 0 unspecified atom stereocenters. The molecule has 0 heterocycles. The van der Waals surface area contributed by atoms with Crippen LogP contribution < -0.4 is 12.3 Å². The van der Waals surface area contributed by atoms with Gasteiger partial charge in [0.1, 0.15) is 0 Å². The molecule has 30 valence electrons. The number of hydrogen-bond acceptors (Lipinski definition) is 3. The number of aliphatic hydroxyl groups is 1. The zero-order chi connectivity index (χ0) is 2.00. The summed E-state index contributed by atoms with van der Waals surface area (Å²) in [4.78, 5) is 0. The van der Waals surface area contributed by atoms with E-state index in [2.05, 4.69) is 0 Å². The highest BCUT2D eigenvalue weighted by Gasteiger charge is 0.839. The van der Waals surface area contributed by atoms with Crippen LogP contribution in [-0.2, 0) is 0 Å². The van der Waals surface area contributed by atoms with E-state index in [1.165, 1.54) is 0 Å². The lowest BCUT2D eigenvalue weighted by Gasteiger charge is -1.21. The number of aliphatic hydroxyl groups excluding tert-OH is 1. The average Bonchev–Trinajstić information content (AvgIpc) is 1.00. The molecule has 0 saturated heterocycles. The summed E-state index contributed by atoms with van der Waals surface area (Å²) in [5.74, 6) is 0. The first-order chi connectivity index (χ1) is 1.00. The van der Waals surface area contributed by atoms with Gasteiger partial charge in [-0.25, -0.2) is 0 Å². The molecule has 3 nitrogen and oxygen atoms in total. The summed E-state index contributed by atoms with van der Waals surface area (Å²) in [5, 5.41) is 7.00. The zero-order valence-corrected chi connectivity index (χ0v) is 2.86. The maximum Gasteiger partial charge on any atom is 0.0319 e. The van der Waals surface area contributed by atoms with Crippen molar-refractivity contribution in [2.24, 2.45) is 0 Å². The smallest absolute Gasteiger partial charge is 0.0319 e. The van der Waals surface area contributed by atoms with E-state index in [4.69, 9.17) is 5.11 Å². The Morgan fingerprint density at radius 1 is 1.00 bits per heavy atom. The molecule has 0 saturated carbocycles. The second-order valence-electron chi connectivity index (χ2n) is 0. The van der Waals surface area contributed by atoms with Crippen molar-refractivity contribution in [3.05, 3.63) is 0 Å². The summed E-state index contributed by atoms with van der Waals surface area (Å²) in [6.45, 7) is 0. The molecule has 0 bridgehead atoms. The predicted octanol–water partition coefficient (Wildman–Crippen LogP) is -0.0675. The zero-order valence-electron chi connectivity index (χ0n) is 2.86. The quantitative estimate of drug-likeness (QED) is 0.369. The third-order valence-corrected chi connectivity index (χ3v) is 0. The van der Waals surface area contributed by atoms with Crippen molar-refractivity contribution in [1.82, 2.24) is 12.3 Å². The minimum Gasteiger partial charge on any atom is -0.400 e. The Labute approximate surface area is 25.8 Å². The lowest BCUT2D eigenvalue weighted by molar-refractivity contribution is 0.399. The van der Waals surface area contributed by atoms with E-state index in [1.807, 2.05) is 0 Å². The van der Waals surface area contributed by atoms with Crippen LogP contribution in [0.25, 0.3) is 0 Å². The molecule has 0 aromatic heterocycles. The van der Waals surface area contributed by atoms with E-state index in [0.717, 1.165) is 7.11 Å². The van der Waals surface area contributed by atoms with Crippen LogP contribution >= 0.6 is 0 Å². The molecular weight excluding hydrogens is 56.0 g/mol. The molecule has 0 spiro atoms. The van der Waals surface area contributed by atoms with Crippen molar-refractivity contribution in [3.8, 4) is 0 Å². The molecule has 0 aliphatic carbocycles. The number of hydrogen-bond donors (Lipinski definition) is 3. The van der Waals surface area contributed by atoms with E-state index in [1.54, 1.807) is 0 Å². The van der Waals surface area contributed by atoms with Gasteiger partial charge in [-0.3, -0.25) is 0 Å². The van der Waals surface area contributed by atoms with Crippen LogP contribution in [-0.4, -0.2) is 12.2 Å². The first-order valence-corrected chi connectivity index (χ1v) is 0.447. The Hall–Kier alpha value is -0.120. The molecule has 0 aliphatic heterocycles. The number of rotatable bonds is 0. The summed E-state index contributed by atoms with van der Waals surface area (Å²) in [7, 11) is 1.00. The van der Waals surface area contributed by atoms with E-state index in [9.17, 15) is 0 Å². The Morgan fingerprint density at radius 2 is 1.00 bits per heavy atom. The standard InChI is InChI=1S/CH4O.2H3N/c1-2;;/h2H,1H3;2*1H3. The highest BCUT2D eigenvalue weighted by atomic mass is 16.2. The van der Waals surface area contributed by atoms with Crippen molar-refractivity contribution in [3.63, 3.8) is 0 Å². The van der Waals surface area contributed by atoms with Crippen LogP contribution in [0.5, 0.6) is 0 Å². The predicted molar refractivity (Wildman–Crippen MR) is 18.2 cm³/mol. The molecule has 0 aromatic carbocycles. The molecule has 0 atom stereocenters. The Morgan fingerprint density at radius 3 is 1.00 bits per heavy atom. The van der Waals surface area contributed by atoms with Gasteiger partial charge in [0.15, 0.2) is 0 Å². The van der Waals surface area contributed by atoms with Gasteiger partial charge < -0.3 is 17.4 Å². The molecule has 0 aromatic rings. The van der Waals surface area contributed by atoms with E-state index >= 15 is 0 Å². The Kier molecular flexibility index (Phi) is 7340. The van der Waals surface area contributed by atoms with E-state index in [-0.39, 0.29) is 12.3 Å². The summed E-state index contributed by atoms with van der Waals surface area (Å²) in [5.41, 5.74) is 0. The summed E-state index contributed by atoms with van der Waals surface area (Å²) >= 11 is 0. The van der Waals surface area contributed by atoms with Gasteiger partial charge in [-0.1, -0.05) is 0 Å². The normalized spacial score (nSPS) is 1.50. The fourth-order valence-corrected chi connectivity index (χ4v) is 0. The fraction of sp³-hybridized carbons (Fsp3) is 1.00.